The topological polar surface area (TPSA) is 3.24 Å². The van der Waals surface area contributed by atoms with Gasteiger partial charge in [0.1, 0.15) is 0 Å². The molecule has 0 saturated carbocycles. The number of nitrogens with zero attached hydrogens (tertiary/aromatic N) is 1. The molecule has 0 N–H and O–H groups in total. The highest BCUT2D eigenvalue weighted by Gasteiger charge is 2.36. The lowest BCUT2D eigenvalue weighted by molar-refractivity contribution is 0.619. The Bertz CT molecular complexity index is 726. The van der Waals surface area contributed by atoms with Crippen LogP contribution in [0.25, 0.3) is 0 Å². The Kier molecular flexibility index (Phi) is 4.90. The Morgan fingerprint density at radius 2 is 1.78 bits per heavy atom. The molecule has 0 bridgehead atoms. The number of rotatable bonds is 5. The fourth-order valence-corrected chi connectivity index (χ4v) is 3.25. The Balaban J connectivity index is 2.87. The number of allylic oxidation sites excluding steroid dienone is 7. The van der Waals surface area contributed by atoms with Crippen LogP contribution in [-0.4, -0.2) is 0 Å². The van der Waals surface area contributed by atoms with Crippen molar-refractivity contribution >= 4 is 5.69 Å². The van der Waals surface area contributed by atoms with E-state index in [0.717, 1.165) is 11.4 Å². The summed E-state index contributed by atoms with van der Waals surface area (Å²) in [6, 6.07) is 8.50. The summed E-state index contributed by atoms with van der Waals surface area (Å²) in [6.07, 6.45) is 11.8. The zero-order valence-corrected chi connectivity index (χ0v) is 14.3. The average molecular weight is 303 g/mol. The van der Waals surface area contributed by atoms with Gasteiger partial charge in [-0.2, -0.15) is 0 Å². The van der Waals surface area contributed by atoms with E-state index in [1.807, 2.05) is 37.3 Å². The Morgan fingerprint density at radius 3 is 2.35 bits per heavy atom. The van der Waals surface area contributed by atoms with Crippen LogP contribution in [0.15, 0.2) is 97.4 Å². The van der Waals surface area contributed by atoms with E-state index in [4.69, 9.17) is 0 Å². The van der Waals surface area contributed by atoms with Crippen LogP contribution >= 0.6 is 0 Å². The molecule has 0 radical (unpaired) electrons. The van der Waals surface area contributed by atoms with E-state index in [9.17, 15) is 0 Å². The van der Waals surface area contributed by atoms with Crippen molar-refractivity contribution < 1.29 is 0 Å². The quantitative estimate of drug-likeness (QED) is 0.598. The van der Waals surface area contributed by atoms with Crippen molar-refractivity contribution in [2.24, 2.45) is 0 Å². The number of benzene rings is 1. The van der Waals surface area contributed by atoms with E-state index in [-0.39, 0.29) is 5.41 Å². The van der Waals surface area contributed by atoms with Gasteiger partial charge in [-0.15, -0.1) is 0 Å². The fourth-order valence-electron chi connectivity index (χ4n) is 3.25. The summed E-state index contributed by atoms with van der Waals surface area (Å²) in [5.74, 6) is 0. The first-order valence-corrected chi connectivity index (χ1v) is 7.87. The van der Waals surface area contributed by atoms with Crippen molar-refractivity contribution in [1.29, 1.82) is 0 Å². The van der Waals surface area contributed by atoms with Gasteiger partial charge in [0.2, 0.25) is 0 Å². The van der Waals surface area contributed by atoms with Crippen LogP contribution in [-0.2, 0) is 5.41 Å². The normalized spacial score (nSPS) is 17.2. The highest BCUT2D eigenvalue weighted by atomic mass is 15.2. The third-order valence-corrected chi connectivity index (χ3v) is 4.29. The average Bonchev–Trinajstić information content (AvgIpc) is 2.54. The molecular weight excluding hydrogens is 278 g/mol. The van der Waals surface area contributed by atoms with Gasteiger partial charge in [0.25, 0.3) is 0 Å². The molecule has 118 valence electrons. The third-order valence-electron chi connectivity index (χ3n) is 4.29. The minimum absolute atomic E-state index is 0.117. The molecule has 2 rings (SSSR count). The lowest BCUT2D eigenvalue weighted by Crippen LogP contribution is -2.35. The SMILES string of the molecule is C=C/C=C(\C=C/C)N1C(C=C)=C(C=C)C(C)(C)c2ccccc21. The molecule has 0 atom stereocenters. The van der Waals surface area contributed by atoms with Crippen LogP contribution in [0.2, 0.25) is 0 Å². The molecule has 23 heavy (non-hydrogen) atoms. The molecule has 0 fully saturated rings. The molecule has 1 aromatic rings. The first-order valence-electron chi connectivity index (χ1n) is 7.87. The summed E-state index contributed by atoms with van der Waals surface area (Å²) >= 11 is 0. The minimum atomic E-state index is -0.117. The van der Waals surface area contributed by atoms with E-state index < -0.39 is 0 Å². The molecule has 1 nitrogen and oxygen atoms in total. The lowest BCUT2D eigenvalue weighted by Gasteiger charge is -2.42. The summed E-state index contributed by atoms with van der Waals surface area (Å²) in [5.41, 5.74) is 5.62. The van der Waals surface area contributed by atoms with Gasteiger partial charge in [0.05, 0.1) is 5.69 Å². The Morgan fingerprint density at radius 1 is 1.09 bits per heavy atom. The number of hydrogen-bond donors (Lipinski definition) is 0. The first-order chi connectivity index (χ1) is 11.0. The minimum Gasteiger partial charge on any atom is -0.310 e. The maximum Gasteiger partial charge on any atom is 0.0502 e. The van der Waals surface area contributed by atoms with Gasteiger partial charge in [0, 0.05) is 16.8 Å². The second kappa shape index (κ2) is 6.70. The summed E-state index contributed by atoms with van der Waals surface area (Å²) in [6.45, 7) is 18.4. The first kappa shape index (κ1) is 16.8. The van der Waals surface area contributed by atoms with Crippen LogP contribution in [0.1, 0.15) is 26.3 Å². The van der Waals surface area contributed by atoms with Gasteiger partial charge in [-0.3, -0.25) is 0 Å². The molecule has 0 amide bonds. The van der Waals surface area contributed by atoms with Gasteiger partial charge < -0.3 is 4.90 Å². The predicted octanol–water partition coefficient (Wildman–Crippen LogP) is 6.06. The van der Waals surface area contributed by atoms with Gasteiger partial charge in [-0.1, -0.05) is 70.0 Å². The number of para-hydroxylation sites is 1. The highest BCUT2D eigenvalue weighted by molar-refractivity contribution is 5.74. The lowest BCUT2D eigenvalue weighted by atomic mass is 9.73. The second-order valence-corrected chi connectivity index (χ2v) is 6.01. The maximum atomic E-state index is 4.05. The zero-order valence-electron chi connectivity index (χ0n) is 14.3. The molecule has 0 unspecified atom stereocenters. The summed E-state index contributed by atoms with van der Waals surface area (Å²) < 4.78 is 0. The number of fused-ring (bicyclic) bond motifs is 1. The van der Waals surface area contributed by atoms with E-state index >= 15 is 0 Å². The van der Waals surface area contributed by atoms with Crippen molar-refractivity contribution in [2.45, 2.75) is 26.2 Å². The van der Waals surface area contributed by atoms with Crippen molar-refractivity contribution in [3.8, 4) is 0 Å². The smallest absolute Gasteiger partial charge is 0.0502 e. The van der Waals surface area contributed by atoms with Gasteiger partial charge in [-0.05, 0) is 42.4 Å². The standard InChI is InChI=1S/C22H25N/c1-7-13-17(14-8-2)23-20(10-4)18(9-3)22(5,6)19-15-11-12-16-21(19)23/h7-16H,1,3-4H2,2,5-6H3/b14-8-,17-13+. The molecule has 1 heteroatoms. The summed E-state index contributed by atoms with van der Waals surface area (Å²) in [4.78, 5) is 2.23. The van der Waals surface area contributed by atoms with Gasteiger partial charge in [-0.25, -0.2) is 0 Å². The van der Waals surface area contributed by atoms with Crippen molar-refractivity contribution in [3.63, 3.8) is 0 Å². The summed E-state index contributed by atoms with van der Waals surface area (Å²) in [5, 5.41) is 0. The van der Waals surface area contributed by atoms with Gasteiger partial charge >= 0.3 is 0 Å². The monoisotopic (exact) mass is 303 g/mol. The molecule has 1 aliphatic heterocycles. The Hall–Kier alpha value is -2.54. The predicted molar refractivity (Wildman–Crippen MR) is 102 cm³/mol. The van der Waals surface area contributed by atoms with E-state index in [1.165, 1.54) is 16.8 Å². The molecular formula is C22H25N. The molecule has 0 spiro atoms. The fraction of sp³-hybridized carbons (Fsp3) is 0.182. The van der Waals surface area contributed by atoms with Crippen LogP contribution in [0.3, 0.4) is 0 Å². The number of hydrogen-bond acceptors (Lipinski definition) is 1. The van der Waals surface area contributed by atoms with Crippen LogP contribution in [0.5, 0.6) is 0 Å². The second-order valence-electron chi connectivity index (χ2n) is 6.01. The van der Waals surface area contributed by atoms with E-state index in [0.29, 0.717) is 0 Å². The van der Waals surface area contributed by atoms with E-state index in [1.54, 1.807) is 0 Å². The van der Waals surface area contributed by atoms with Crippen LogP contribution in [0.4, 0.5) is 5.69 Å². The summed E-state index contributed by atoms with van der Waals surface area (Å²) in [7, 11) is 0. The molecule has 1 aliphatic rings. The maximum absolute atomic E-state index is 4.05. The largest absolute Gasteiger partial charge is 0.310 e. The molecule has 0 aliphatic carbocycles. The molecule has 0 aromatic heterocycles. The third kappa shape index (κ3) is 2.75. The van der Waals surface area contributed by atoms with Crippen molar-refractivity contribution in [2.75, 3.05) is 4.90 Å². The van der Waals surface area contributed by atoms with Crippen LogP contribution in [0, 0.1) is 0 Å². The highest BCUT2D eigenvalue weighted by Crippen LogP contribution is 2.47. The zero-order chi connectivity index (χ0) is 17.0. The van der Waals surface area contributed by atoms with Gasteiger partial charge in [0.15, 0.2) is 0 Å². The molecule has 1 aromatic carbocycles. The Labute approximate surface area is 140 Å². The molecule has 1 heterocycles. The number of anilines is 1. The van der Waals surface area contributed by atoms with Crippen molar-refractivity contribution in [3.05, 3.63) is 103 Å². The van der Waals surface area contributed by atoms with Crippen molar-refractivity contribution in [1.82, 2.24) is 0 Å². The van der Waals surface area contributed by atoms with E-state index in [2.05, 4.69) is 68.8 Å². The molecule has 0 saturated heterocycles. The van der Waals surface area contributed by atoms with Crippen LogP contribution < -0.4 is 4.90 Å².